The first-order valence-corrected chi connectivity index (χ1v) is 10.3. The maximum Gasteiger partial charge on any atom is 0.181 e. The summed E-state index contributed by atoms with van der Waals surface area (Å²) in [4.78, 5) is 6.60. The van der Waals surface area contributed by atoms with Crippen molar-refractivity contribution in [1.82, 2.24) is 4.98 Å². The van der Waals surface area contributed by atoms with Gasteiger partial charge in [0.05, 0.1) is 10.2 Å². The molecule has 0 aliphatic rings. The molecule has 29 heavy (non-hydrogen) atoms. The summed E-state index contributed by atoms with van der Waals surface area (Å²) in [5.74, 6) is 0. The minimum absolute atomic E-state index is 0.605. The first-order chi connectivity index (χ1) is 14.3. The zero-order valence-electron chi connectivity index (χ0n) is 15.7. The van der Waals surface area contributed by atoms with Crippen molar-refractivity contribution in [1.29, 1.82) is 0 Å². The summed E-state index contributed by atoms with van der Waals surface area (Å²) >= 11 is 1.52. The Morgan fingerprint density at radius 2 is 1.17 bits per heavy atom. The molecule has 0 atom stereocenters. The molecule has 0 fully saturated rings. The van der Waals surface area contributed by atoms with Crippen LogP contribution in [0.15, 0.2) is 103 Å². The average Bonchev–Trinajstić information content (AvgIpc) is 3.15. The standard InChI is InChI=1S/C25H19N3S/c26-25-27-23-16-13-19(17-24(23)29-25)18-11-14-22(15-12-18)28(20-7-3-1-4-8-20)21-9-5-2-6-10-21/h1-17H,(H2,26,27). The summed E-state index contributed by atoms with van der Waals surface area (Å²) in [6.07, 6.45) is 0. The summed E-state index contributed by atoms with van der Waals surface area (Å²) in [5.41, 5.74) is 12.5. The Hall–Kier alpha value is -3.63. The van der Waals surface area contributed by atoms with E-state index >= 15 is 0 Å². The van der Waals surface area contributed by atoms with Crippen LogP contribution in [0.1, 0.15) is 0 Å². The van der Waals surface area contributed by atoms with E-state index in [1.807, 2.05) is 18.2 Å². The van der Waals surface area contributed by atoms with Gasteiger partial charge in [0.15, 0.2) is 5.13 Å². The second-order valence-corrected chi connectivity index (χ2v) is 7.85. The number of hydrogen-bond donors (Lipinski definition) is 1. The van der Waals surface area contributed by atoms with Gasteiger partial charge in [-0.25, -0.2) is 4.98 Å². The zero-order chi connectivity index (χ0) is 19.6. The number of benzene rings is 4. The molecule has 0 aliphatic carbocycles. The molecule has 0 saturated heterocycles. The topological polar surface area (TPSA) is 42.1 Å². The van der Waals surface area contributed by atoms with Crippen LogP contribution in [-0.2, 0) is 0 Å². The summed E-state index contributed by atoms with van der Waals surface area (Å²) in [7, 11) is 0. The Balaban J connectivity index is 1.54. The number of hydrogen-bond acceptors (Lipinski definition) is 4. The van der Waals surface area contributed by atoms with Gasteiger partial charge in [0, 0.05) is 17.1 Å². The van der Waals surface area contributed by atoms with E-state index in [0.717, 1.165) is 27.3 Å². The van der Waals surface area contributed by atoms with Crippen molar-refractivity contribution in [2.45, 2.75) is 0 Å². The van der Waals surface area contributed by atoms with Crippen LogP contribution in [0.5, 0.6) is 0 Å². The molecule has 0 spiro atoms. The SMILES string of the molecule is Nc1nc2ccc(-c3ccc(N(c4ccccc4)c4ccccc4)cc3)cc2s1. The van der Waals surface area contributed by atoms with Crippen LogP contribution in [-0.4, -0.2) is 4.98 Å². The van der Waals surface area contributed by atoms with Crippen molar-refractivity contribution in [2.24, 2.45) is 0 Å². The van der Waals surface area contributed by atoms with Crippen molar-refractivity contribution in [3.8, 4) is 11.1 Å². The van der Waals surface area contributed by atoms with Gasteiger partial charge in [-0.3, -0.25) is 0 Å². The summed E-state index contributed by atoms with van der Waals surface area (Å²) in [6.45, 7) is 0. The Morgan fingerprint density at radius 3 is 1.79 bits per heavy atom. The van der Waals surface area contributed by atoms with Gasteiger partial charge in [-0.1, -0.05) is 65.9 Å². The lowest BCUT2D eigenvalue weighted by molar-refractivity contribution is 1.28. The van der Waals surface area contributed by atoms with Gasteiger partial charge >= 0.3 is 0 Å². The molecule has 1 aromatic heterocycles. The molecule has 1 heterocycles. The van der Waals surface area contributed by atoms with Crippen molar-refractivity contribution in [2.75, 3.05) is 10.6 Å². The summed E-state index contributed by atoms with van der Waals surface area (Å²) in [6, 6.07) is 35.8. The molecule has 4 heteroatoms. The highest BCUT2D eigenvalue weighted by atomic mass is 32.1. The molecular formula is C25H19N3S. The van der Waals surface area contributed by atoms with E-state index in [9.17, 15) is 0 Å². The van der Waals surface area contributed by atoms with Crippen molar-refractivity contribution in [3.05, 3.63) is 103 Å². The Morgan fingerprint density at radius 1 is 0.621 bits per heavy atom. The van der Waals surface area contributed by atoms with Gasteiger partial charge in [0.1, 0.15) is 0 Å². The minimum atomic E-state index is 0.605. The lowest BCUT2D eigenvalue weighted by Gasteiger charge is -2.25. The zero-order valence-corrected chi connectivity index (χ0v) is 16.5. The second kappa shape index (κ2) is 7.41. The molecular weight excluding hydrogens is 374 g/mol. The Labute approximate surface area is 173 Å². The van der Waals surface area contributed by atoms with Gasteiger partial charge in [0.2, 0.25) is 0 Å². The van der Waals surface area contributed by atoms with Crippen LogP contribution in [0.3, 0.4) is 0 Å². The molecule has 0 unspecified atom stereocenters. The number of fused-ring (bicyclic) bond motifs is 1. The van der Waals surface area contributed by atoms with E-state index in [1.54, 1.807) is 0 Å². The molecule has 0 aliphatic heterocycles. The number of rotatable bonds is 4. The molecule has 0 radical (unpaired) electrons. The maximum absolute atomic E-state index is 5.84. The second-order valence-electron chi connectivity index (χ2n) is 6.79. The number of thiazole rings is 1. The third kappa shape index (κ3) is 3.46. The fourth-order valence-corrected chi connectivity index (χ4v) is 4.30. The highest BCUT2D eigenvalue weighted by Gasteiger charge is 2.12. The molecule has 0 saturated carbocycles. The third-order valence-corrected chi connectivity index (χ3v) is 5.74. The molecule has 5 rings (SSSR count). The fourth-order valence-electron chi connectivity index (χ4n) is 3.53. The Bertz CT molecular complexity index is 1210. The number of nitrogens with two attached hydrogens (primary N) is 1. The van der Waals surface area contributed by atoms with Gasteiger partial charge in [-0.2, -0.15) is 0 Å². The highest BCUT2D eigenvalue weighted by Crippen LogP contribution is 2.36. The van der Waals surface area contributed by atoms with Crippen LogP contribution in [0.2, 0.25) is 0 Å². The normalized spacial score (nSPS) is 10.9. The summed E-state index contributed by atoms with van der Waals surface area (Å²) < 4.78 is 1.11. The third-order valence-electron chi connectivity index (χ3n) is 4.89. The molecule has 140 valence electrons. The molecule has 0 amide bonds. The molecule has 5 aromatic rings. The van der Waals surface area contributed by atoms with E-state index in [2.05, 4.69) is 94.8 Å². The van der Waals surface area contributed by atoms with E-state index < -0.39 is 0 Å². The van der Waals surface area contributed by atoms with E-state index in [1.165, 1.54) is 22.5 Å². The predicted molar refractivity (Wildman–Crippen MR) is 124 cm³/mol. The minimum Gasteiger partial charge on any atom is -0.375 e. The quantitative estimate of drug-likeness (QED) is 0.357. The average molecular weight is 394 g/mol. The molecule has 2 N–H and O–H groups in total. The van der Waals surface area contributed by atoms with Crippen LogP contribution < -0.4 is 10.6 Å². The maximum atomic E-state index is 5.84. The number of nitrogens with zero attached hydrogens (tertiary/aromatic N) is 2. The number of nitrogen functional groups attached to an aromatic ring is 1. The van der Waals surface area contributed by atoms with Crippen LogP contribution >= 0.6 is 11.3 Å². The molecule has 0 bridgehead atoms. The van der Waals surface area contributed by atoms with E-state index in [-0.39, 0.29) is 0 Å². The van der Waals surface area contributed by atoms with Crippen molar-refractivity contribution in [3.63, 3.8) is 0 Å². The van der Waals surface area contributed by atoms with Gasteiger partial charge < -0.3 is 10.6 Å². The smallest absolute Gasteiger partial charge is 0.181 e. The van der Waals surface area contributed by atoms with Crippen molar-refractivity contribution >= 4 is 43.7 Å². The lowest BCUT2D eigenvalue weighted by atomic mass is 10.0. The molecule has 3 nitrogen and oxygen atoms in total. The highest BCUT2D eigenvalue weighted by molar-refractivity contribution is 7.22. The monoisotopic (exact) mass is 393 g/mol. The molecule has 4 aromatic carbocycles. The lowest BCUT2D eigenvalue weighted by Crippen LogP contribution is -2.09. The van der Waals surface area contributed by atoms with Crippen LogP contribution in [0, 0.1) is 0 Å². The largest absolute Gasteiger partial charge is 0.375 e. The number of anilines is 4. The predicted octanol–water partition coefficient (Wildman–Crippen LogP) is 7.02. The number of para-hydroxylation sites is 2. The fraction of sp³-hybridized carbons (Fsp3) is 0. The van der Waals surface area contributed by atoms with Crippen molar-refractivity contribution < 1.29 is 0 Å². The van der Waals surface area contributed by atoms with Crippen LogP contribution in [0.4, 0.5) is 22.2 Å². The first-order valence-electron chi connectivity index (χ1n) is 9.45. The summed E-state index contributed by atoms with van der Waals surface area (Å²) in [5, 5.41) is 0.605. The van der Waals surface area contributed by atoms with Crippen LogP contribution in [0.25, 0.3) is 21.3 Å². The van der Waals surface area contributed by atoms with E-state index in [4.69, 9.17) is 5.73 Å². The Kier molecular flexibility index (Phi) is 4.47. The van der Waals surface area contributed by atoms with Gasteiger partial charge in [-0.05, 0) is 59.7 Å². The van der Waals surface area contributed by atoms with Gasteiger partial charge in [0.25, 0.3) is 0 Å². The number of aromatic nitrogens is 1. The van der Waals surface area contributed by atoms with Gasteiger partial charge in [-0.15, -0.1) is 0 Å². The first kappa shape index (κ1) is 17.5. The van der Waals surface area contributed by atoms with E-state index in [0.29, 0.717) is 5.13 Å².